The summed E-state index contributed by atoms with van der Waals surface area (Å²) in [7, 11) is 0. The molecule has 170 valence electrons. The molecule has 0 unspecified atom stereocenters. The van der Waals surface area contributed by atoms with E-state index in [4.69, 9.17) is 17.2 Å². The molecule has 1 aromatic heterocycles. The highest BCUT2D eigenvalue weighted by Gasteiger charge is 2.32. The molecule has 1 atom stereocenters. The first kappa shape index (κ1) is 22.2. The maximum Gasteiger partial charge on any atom is 0.259 e. The minimum absolute atomic E-state index is 0.00133. The quantitative estimate of drug-likeness (QED) is 0.177. The summed E-state index contributed by atoms with van der Waals surface area (Å²) in [6, 6.07) is 13.7. The molecule has 0 bridgehead atoms. The number of aliphatic imine (C=N–C) groups is 1. The molecular formula is C24H26N6O3. The fourth-order valence-electron chi connectivity index (χ4n) is 4.22. The number of carbonyl (C=O) groups is 2. The lowest BCUT2D eigenvalue weighted by Crippen LogP contribution is -2.42. The van der Waals surface area contributed by atoms with Gasteiger partial charge in [0.1, 0.15) is 0 Å². The standard InChI is InChI=1S/C24H26N6O3/c25-18(10-5-11-29-24(26)27)22(32)28-12-13-30-20-15-7-2-3-8-16(15)21(31)19(20)14-6-1-4-9-17(14)23(30)33/h1-4,6-9,18H,5,10-13,25H2,(H,28,32)(H4,26,27,29)/t18-/m0/s1. The minimum atomic E-state index is -0.708. The number of carbonyl (C=O) groups excluding carboxylic acids is 2. The topological polar surface area (TPSA) is 159 Å². The van der Waals surface area contributed by atoms with Gasteiger partial charge in [0.2, 0.25) is 5.91 Å². The van der Waals surface area contributed by atoms with Gasteiger partial charge in [-0.05, 0) is 18.9 Å². The molecule has 9 nitrogen and oxygen atoms in total. The highest BCUT2D eigenvalue weighted by atomic mass is 16.2. The van der Waals surface area contributed by atoms with E-state index >= 15 is 0 Å². The van der Waals surface area contributed by atoms with Gasteiger partial charge in [-0.2, -0.15) is 0 Å². The molecule has 0 radical (unpaired) electrons. The SMILES string of the molecule is NC(N)=NCCC[C@H](N)C(=O)NCCn1c2c(c3ccccc3c1=O)C(=O)c1ccccc1-2. The molecule has 1 aliphatic rings. The Labute approximate surface area is 190 Å². The molecule has 1 aliphatic carbocycles. The molecule has 4 rings (SSSR count). The maximum absolute atomic E-state index is 13.3. The number of fused-ring (bicyclic) bond motifs is 5. The summed E-state index contributed by atoms with van der Waals surface area (Å²) in [5.74, 6) is -0.416. The second-order valence-corrected chi connectivity index (χ2v) is 7.95. The van der Waals surface area contributed by atoms with Crippen molar-refractivity contribution in [3.05, 3.63) is 70.0 Å². The Morgan fingerprint density at radius 3 is 2.39 bits per heavy atom. The van der Waals surface area contributed by atoms with Crippen LogP contribution in [0.25, 0.3) is 22.0 Å². The first-order valence-corrected chi connectivity index (χ1v) is 10.8. The van der Waals surface area contributed by atoms with E-state index in [1.165, 1.54) is 0 Å². The summed E-state index contributed by atoms with van der Waals surface area (Å²) in [6.45, 7) is 0.803. The number of benzene rings is 2. The van der Waals surface area contributed by atoms with Crippen LogP contribution in [0, 0.1) is 0 Å². The van der Waals surface area contributed by atoms with Gasteiger partial charge in [-0.15, -0.1) is 0 Å². The molecule has 9 heteroatoms. The summed E-state index contributed by atoms with van der Waals surface area (Å²) >= 11 is 0. The number of nitrogens with one attached hydrogen (secondary N) is 1. The zero-order chi connectivity index (χ0) is 23.5. The molecule has 3 aromatic rings. The Balaban J connectivity index is 1.57. The molecule has 1 amide bonds. The van der Waals surface area contributed by atoms with Crippen molar-refractivity contribution in [3.63, 3.8) is 0 Å². The monoisotopic (exact) mass is 446 g/mol. The molecule has 0 aliphatic heterocycles. The Morgan fingerprint density at radius 2 is 1.67 bits per heavy atom. The lowest BCUT2D eigenvalue weighted by atomic mass is 10.0. The number of rotatable bonds is 8. The maximum atomic E-state index is 13.3. The van der Waals surface area contributed by atoms with E-state index in [1.807, 2.05) is 24.3 Å². The average Bonchev–Trinajstić information content (AvgIpc) is 3.11. The van der Waals surface area contributed by atoms with Gasteiger partial charge in [0.05, 0.1) is 17.3 Å². The van der Waals surface area contributed by atoms with Crippen molar-refractivity contribution in [2.45, 2.75) is 25.4 Å². The molecule has 0 fully saturated rings. The van der Waals surface area contributed by atoms with Crippen molar-refractivity contribution in [1.82, 2.24) is 9.88 Å². The third-order valence-electron chi connectivity index (χ3n) is 5.77. The zero-order valence-electron chi connectivity index (χ0n) is 18.1. The summed E-state index contributed by atoms with van der Waals surface area (Å²) in [6.07, 6.45) is 0.999. The summed E-state index contributed by atoms with van der Waals surface area (Å²) in [4.78, 5) is 42.8. The molecular weight excluding hydrogens is 420 g/mol. The van der Waals surface area contributed by atoms with Crippen molar-refractivity contribution in [2.24, 2.45) is 22.2 Å². The number of hydrogen-bond acceptors (Lipinski definition) is 5. The van der Waals surface area contributed by atoms with Gasteiger partial charge in [0.25, 0.3) is 5.56 Å². The average molecular weight is 447 g/mol. The first-order valence-electron chi connectivity index (χ1n) is 10.8. The van der Waals surface area contributed by atoms with Crippen LogP contribution in [0.3, 0.4) is 0 Å². The van der Waals surface area contributed by atoms with E-state index in [9.17, 15) is 14.4 Å². The number of nitrogens with two attached hydrogens (primary N) is 3. The molecule has 33 heavy (non-hydrogen) atoms. The second kappa shape index (κ2) is 9.25. The van der Waals surface area contributed by atoms with Gasteiger partial charge >= 0.3 is 0 Å². The van der Waals surface area contributed by atoms with E-state index in [0.29, 0.717) is 47.0 Å². The van der Waals surface area contributed by atoms with Crippen LogP contribution in [0.2, 0.25) is 0 Å². The molecule has 0 saturated carbocycles. The molecule has 1 heterocycles. The number of aromatic nitrogens is 1. The van der Waals surface area contributed by atoms with E-state index in [1.54, 1.807) is 28.8 Å². The fourth-order valence-corrected chi connectivity index (χ4v) is 4.22. The van der Waals surface area contributed by atoms with Gasteiger partial charge in [0.15, 0.2) is 11.7 Å². The van der Waals surface area contributed by atoms with Crippen LogP contribution in [0.15, 0.2) is 58.3 Å². The number of pyridine rings is 1. The van der Waals surface area contributed by atoms with Crippen molar-refractivity contribution in [3.8, 4) is 11.3 Å². The van der Waals surface area contributed by atoms with Crippen LogP contribution >= 0.6 is 0 Å². The number of nitrogens with zero attached hydrogens (tertiary/aromatic N) is 2. The largest absolute Gasteiger partial charge is 0.370 e. The van der Waals surface area contributed by atoms with Crippen molar-refractivity contribution in [2.75, 3.05) is 13.1 Å². The van der Waals surface area contributed by atoms with Crippen LogP contribution in [-0.4, -0.2) is 41.3 Å². The van der Waals surface area contributed by atoms with E-state index in [2.05, 4.69) is 10.3 Å². The zero-order valence-corrected chi connectivity index (χ0v) is 18.1. The Morgan fingerprint density at radius 1 is 1.00 bits per heavy atom. The summed E-state index contributed by atoms with van der Waals surface area (Å²) in [5, 5.41) is 3.90. The smallest absolute Gasteiger partial charge is 0.259 e. The highest BCUT2D eigenvalue weighted by Crippen LogP contribution is 2.38. The van der Waals surface area contributed by atoms with Crippen LogP contribution in [0.1, 0.15) is 28.8 Å². The predicted molar refractivity (Wildman–Crippen MR) is 128 cm³/mol. The summed E-state index contributed by atoms with van der Waals surface area (Å²) in [5.41, 5.74) is 18.7. The highest BCUT2D eigenvalue weighted by molar-refractivity contribution is 6.26. The van der Waals surface area contributed by atoms with Crippen LogP contribution in [-0.2, 0) is 11.3 Å². The fraction of sp³-hybridized carbons (Fsp3) is 0.250. The van der Waals surface area contributed by atoms with Gasteiger partial charge in [-0.1, -0.05) is 42.5 Å². The van der Waals surface area contributed by atoms with Gasteiger partial charge in [-0.25, -0.2) is 0 Å². The predicted octanol–water partition coefficient (Wildman–Crippen LogP) is 0.710. The summed E-state index contributed by atoms with van der Waals surface area (Å²) < 4.78 is 1.58. The van der Waals surface area contributed by atoms with Gasteiger partial charge < -0.3 is 27.1 Å². The van der Waals surface area contributed by atoms with Crippen LogP contribution in [0.4, 0.5) is 0 Å². The Hall–Kier alpha value is -3.98. The Bertz CT molecular complexity index is 1320. The van der Waals surface area contributed by atoms with E-state index in [0.717, 1.165) is 5.56 Å². The first-order chi connectivity index (χ1) is 15.9. The number of amides is 1. The van der Waals surface area contributed by atoms with Crippen molar-refractivity contribution < 1.29 is 9.59 Å². The van der Waals surface area contributed by atoms with E-state index in [-0.39, 0.29) is 36.3 Å². The molecule has 0 spiro atoms. The number of ketones is 1. The Kier molecular flexibility index (Phi) is 6.23. The lowest BCUT2D eigenvalue weighted by Gasteiger charge is -2.16. The second-order valence-electron chi connectivity index (χ2n) is 7.95. The minimum Gasteiger partial charge on any atom is -0.370 e. The van der Waals surface area contributed by atoms with Gasteiger partial charge in [-0.3, -0.25) is 19.4 Å². The number of hydrogen-bond donors (Lipinski definition) is 4. The molecule has 0 saturated heterocycles. The third-order valence-corrected chi connectivity index (χ3v) is 5.77. The number of guanidine groups is 1. The van der Waals surface area contributed by atoms with Crippen LogP contribution in [0.5, 0.6) is 0 Å². The molecule has 7 N–H and O–H groups in total. The lowest BCUT2D eigenvalue weighted by molar-refractivity contribution is -0.122. The van der Waals surface area contributed by atoms with Crippen molar-refractivity contribution >= 4 is 28.4 Å². The molecule has 2 aromatic carbocycles. The van der Waals surface area contributed by atoms with Crippen molar-refractivity contribution in [1.29, 1.82) is 0 Å². The van der Waals surface area contributed by atoms with Gasteiger partial charge in [0, 0.05) is 41.5 Å². The normalized spacial score (nSPS) is 12.8. The van der Waals surface area contributed by atoms with Crippen LogP contribution < -0.4 is 28.1 Å². The third kappa shape index (κ3) is 4.22. The van der Waals surface area contributed by atoms with E-state index < -0.39 is 6.04 Å².